The third-order valence-electron chi connectivity index (χ3n) is 3.27. The first kappa shape index (κ1) is 15.4. The molecule has 0 aliphatic carbocycles. The number of carbonyl (C=O) groups excluding carboxylic acids is 1. The molecule has 1 aromatic carbocycles. The number of aliphatic hydroxyl groups excluding tert-OH is 1. The van der Waals surface area contributed by atoms with Crippen LogP contribution in [0.15, 0.2) is 51.7 Å². The molecule has 3 aromatic rings. The predicted octanol–water partition coefficient (Wildman–Crippen LogP) is 3.01. The van der Waals surface area contributed by atoms with Gasteiger partial charge in [-0.1, -0.05) is 17.3 Å². The Balaban J connectivity index is 1.66. The number of amides is 1. The second kappa shape index (κ2) is 6.72. The monoisotopic (exact) mass is 332 g/mol. The number of hydrogen-bond donors (Lipinski definition) is 2. The maximum atomic E-state index is 13.7. The third kappa shape index (κ3) is 3.46. The molecular weight excluding hydrogens is 319 g/mol. The molecule has 2 aromatic heterocycles. The molecule has 0 radical (unpaired) electrons. The lowest BCUT2D eigenvalue weighted by molar-refractivity contribution is 0.0907. The van der Waals surface area contributed by atoms with Crippen molar-refractivity contribution in [2.24, 2.45) is 0 Å². The van der Waals surface area contributed by atoms with Gasteiger partial charge < -0.3 is 14.9 Å². The van der Waals surface area contributed by atoms with Crippen LogP contribution in [0.5, 0.6) is 0 Å². The lowest BCUT2D eigenvalue weighted by Crippen LogP contribution is -2.28. The van der Waals surface area contributed by atoms with Crippen LogP contribution in [0.3, 0.4) is 0 Å². The first-order chi connectivity index (χ1) is 11.1. The minimum atomic E-state index is -0.789. The highest BCUT2D eigenvalue weighted by molar-refractivity contribution is 7.07. The fourth-order valence-electron chi connectivity index (χ4n) is 2.03. The fourth-order valence-corrected chi connectivity index (χ4v) is 2.74. The Morgan fingerprint density at radius 2 is 2.22 bits per heavy atom. The van der Waals surface area contributed by atoms with Gasteiger partial charge in [-0.05, 0) is 34.5 Å². The second-order valence-electron chi connectivity index (χ2n) is 4.84. The Labute approximate surface area is 135 Å². The Hall–Kier alpha value is -2.51. The Kier molecular flexibility index (Phi) is 4.50. The molecule has 0 fully saturated rings. The van der Waals surface area contributed by atoms with E-state index in [0.717, 1.165) is 5.56 Å². The normalized spacial score (nSPS) is 12.1. The molecule has 1 atom stereocenters. The SMILES string of the molecule is O=C(NCC(O)c1ccsc1)c1cc(-c2ccccc2F)on1. The van der Waals surface area contributed by atoms with Crippen molar-refractivity contribution in [1.29, 1.82) is 0 Å². The molecule has 0 spiro atoms. The van der Waals surface area contributed by atoms with E-state index < -0.39 is 17.8 Å². The third-order valence-corrected chi connectivity index (χ3v) is 3.97. The summed E-state index contributed by atoms with van der Waals surface area (Å²) in [4.78, 5) is 12.0. The van der Waals surface area contributed by atoms with Gasteiger partial charge in [-0.2, -0.15) is 11.3 Å². The molecule has 3 rings (SSSR count). The topological polar surface area (TPSA) is 75.4 Å². The molecule has 1 amide bonds. The largest absolute Gasteiger partial charge is 0.387 e. The van der Waals surface area contributed by atoms with Crippen LogP contribution in [0.4, 0.5) is 4.39 Å². The number of hydrogen-bond acceptors (Lipinski definition) is 5. The number of thiophene rings is 1. The number of carbonyl (C=O) groups is 1. The molecular formula is C16H13FN2O3S. The van der Waals surface area contributed by atoms with Crippen molar-refractivity contribution in [2.75, 3.05) is 6.54 Å². The van der Waals surface area contributed by atoms with Crippen molar-refractivity contribution in [3.05, 3.63) is 64.2 Å². The van der Waals surface area contributed by atoms with Crippen molar-refractivity contribution >= 4 is 17.2 Å². The molecule has 0 saturated carbocycles. The van der Waals surface area contributed by atoms with Crippen molar-refractivity contribution in [2.45, 2.75) is 6.10 Å². The van der Waals surface area contributed by atoms with Gasteiger partial charge in [0.05, 0.1) is 11.7 Å². The van der Waals surface area contributed by atoms with E-state index in [2.05, 4.69) is 10.5 Å². The first-order valence-corrected chi connectivity index (χ1v) is 7.79. The molecule has 2 N–H and O–H groups in total. The van der Waals surface area contributed by atoms with Crippen LogP contribution < -0.4 is 5.32 Å². The summed E-state index contributed by atoms with van der Waals surface area (Å²) >= 11 is 1.47. The summed E-state index contributed by atoms with van der Waals surface area (Å²) in [5, 5.41) is 19.8. The number of aromatic nitrogens is 1. The van der Waals surface area contributed by atoms with Crippen LogP contribution in [-0.4, -0.2) is 22.7 Å². The number of aliphatic hydroxyl groups is 1. The van der Waals surface area contributed by atoms with Crippen molar-refractivity contribution in [1.82, 2.24) is 10.5 Å². The van der Waals surface area contributed by atoms with E-state index in [-0.39, 0.29) is 23.6 Å². The summed E-state index contributed by atoms with van der Waals surface area (Å²) in [5.74, 6) is -0.777. The number of rotatable bonds is 5. The molecule has 118 valence electrons. The molecule has 0 aliphatic heterocycles. The van der Waals surface area contributed by atoms with Crippen LogP contribution >= 0.6 is 11.3 Å². The summed E-state index contributed by atoms with van der Waals surface area (Å²) in [5.41, 5.74) is 1.00. The predicted molar refractivity (Wildman–Crippen MR) is 83.5 cm³/mol. The van der Waals surface area contributed by atoms with Crippen LogP contribution in [0.25, 0.3) is 11.3 Å². The van der Waals surface area contributed by atoms with Crippen molar-refractivity contribution < 1.29 is 18.8 Å². The van der Waals surface area contributed by atoms with E-state index in [1.54, 1.807) is 18.2 Å². The van der Waals surface area contributed by atoms with Gasteiger partial charge in [0.25, 0.3) is 5.91 Å². The van der Waals surface area contributed by atoms with Gasteiger partial charge in [-0.25, -0.2) is 4.39 Å². The fraction of sp³-hybridized carbons (Fsp3) is 0.125. The second-order valence-corrected chi connectivity index (χ2v) is 5.62. The summed E-state index contributed by atoms with van der Waals surface area (Å²) < 4.78 is 18.7. The van der Waals surface area contributed by atoms with Crippen LogP contribution in [0.2, 0.25) is 0 Å². The van der Waals surface area contributed by atoms with E-state index in [1.807, 2.05) is 10.8 Å². The highest BCUT2D eigenvalue weighted by Crippen LogP contribution is 2.23. The molecule has 0 saturated heterocycles. The molecule has 5 nitrogen and oxygen atoms in total. The highest BCUT2D eigenvalue weighted by Gasteiger charge is 2.17. The number of nitrogens with zero attached hydrogens (tertiary/aromatic N) is 1. The van der Waals surface area contributed by atoms with E-state index in [0.29, 0.717) is 0 Å². The minimum absolute atomic E-state index is 0.0285. The first-order valence-electron chi connectivity index (χ1n) is 6.85. The van der Waals surface area contributed by atoms with Crippen molar-refractivity contribution in [3.8, 4) is 11.3 Å². The highest BCUT2D eigenvalue weighted by atomic mass is 32.1. The maximum Gasteiger partial charge on any atom is 0.273 e. The molecule has 23 heavy (non-hydrogen) atoms. The van der Waals surface area contributed by atoms with Crippen LogP contribution in [-0.2, 0) is 0 Å². The molecule has 0 aliphatic rings. The van der Waals surface area contributed by atoms with E-state index in [4.69, 9.17) is 4.52 Å². The van der Waals surface area contributed by atoms with E-state index in [9.17, 15) is 14.3 Å². The average Bonchev–Trinajstić information content (AvgIpc) is 3.24. The lowest BCUT2D eigenvalue weighted by atomic mass is 10.1. The smallest absolute Gasteiger partial charge is 0.273 e. The van der Waals surface area contributed by atoms with Crippen LogP contribution in [0, 0.1) is 5.82 Å². The van der Waals surface area contributed by atoms with Crippen LogP contribution in [0.1, 0.15) is 22.2 Å². The summed E-state index contributed by atoms with van der Waals surface area (Å²) in [7, 11) is 0. The van der Waals surface area contributed by atoms with Gasteiger partial charge >= 0.3 is 0 Å². The zero-order valence-electron chi connectivity index (χ0n) is 11.9. The summed E-state index contributed by atoms with van der Waals surface area (Å²) in [6.45, 7) is 0.0530. The van der Waals surface area contributed by atoms with Gasteiger partial charge in [0.1, 0.15) is 5.82 Å². The Morgan fingerprint density at radius 3 is 2.96 bits per heavy atom. The standard InChI is InChI=1S/C16H13FN2O3S/c17-12-4-2-1-3-11(12)15-7-13(19-22-15)16(21)18-8-14(20)10-5-6-23-9-10/h1-7,9,14,20H,8H2,(H,18,21). The van der Waals surface area contributed by atoms with Gasteiger partial charge in [-0.3, -0.25) is 4.79 Å². The molecule has 0 bridgehead atoms. The number of halogens is 1. The van der Waals surface area contributed by atoms with Gasteiger partial charge in [0, 0.05) is 12.6 Å². The number of nitrogens with one attached hydrogen (secondary N) is 1. The zero-order chi connectivity index (χ0) is 16.2. The van der Waals surface area contributed by atoms with Gasteiger partial charge in [0.15, 0.2) is 11.5 Å². The Bertz CT molecular complexity index is 801. The summed E-state index contributed by atoms with van der Waals surface area (Å²) in [6, 6.07) is 9.22. The molecule has 1 unspecified atom stereocenters. The van der Waals surface area contributed by atoms with E-state index in [1.165, 1.54) is 29.5 Å². The lowest BCUT2D eigenvalue weighted by Gasteiger charge is -2.09. The summed E-state index contributed by atoms with van der Waals surface area (Å²) in [6.07, 6.45) is -0.789. The van der Waals surface area contributed by atoms with E-state index >= 15 is 0 Å². The minimum Gasteiger partial charge on any atom is -0.387 e. The quantitative estimate of drug-likeness (QED) is 0.753. The zero-order valence-corrected chi connectivity index (χ0v) is 12.7. The number of benzene rings is 1. The van der Waals surface area contributed by atoms with Gasteiger partial charge in [0.2, 0.25) is 0 Å². The average molecular weight is 332 g/mol. The molecule has 2 heterocycles. The van der Waals surface area contributed by atoms with Crippen molar-refractivity contribution in [3.63, 3.8) is 0 Å². The van der Waals surface area contributed by atoms with Gasteiger partial charge in [-0.15, -0.1) is 0 Å². The molecule has 7 heteroatoms. The maximum absolute atomic E-state index is 13.7. The Morgan fingerprint density at radius 1 is 1.39 bits per heavy atom.